The van der Waals surface area contributed by atoms with Crippen LogP contribution in [0.4, 0.5) is 5.69 Å². The van der Waals surface area contributed by atoms with Gasteiger partial charge in [-0.05, 0) is 48.2 Å². The number of aliphatic hydroxyl groups is 1. The fourth-order valence-electron chi connectivity index (χ4n) is 5.07. The van der Waals surface area contributed by atoms with Crippen molar-refractivity contribution in [3.05, 3.63) is 89.5 Å². The highest BCUT2D eigenvalue weighted by molar-refractivity contribution is 8.01. The number of aliphatic hydroxyl groups excluding tert-OH is 1. The number of anilines is 1. The van der Waals surface area contributed by atoms with Gasteiger partial charge in [0.25, 0.3) is 0 Å². The lowest BCUT2D eigenvalue weighted by atomic mass is 10.0. The number of carbonyl (C=O) groups is 2. The number of benzene rings is 3. The molecule has 4 N–H and O–H groups in total. The Hall–Kier alpha value is -3.32. The van der Waals surface area contributed by atoms with Crippen LogP contribution >= 0.6 is 23.1 Å². The molecule has 4 aromatic rings. The van der Waals surface area contributed by atoms with E-state index in [-0.39, 0.29) is 31.1 Å². The van der Waals surface area contributed by atoms with Gasteiger partial charge in [0.05, 0.1) is 29.0 Å². The van der Waals surface area contributed by atoms with Gasteiger partial charge in [-0.2, -0.15) is 0 Å². The van der Waals surface area contributed by atoms with E-state index in [2.05, 4.69) is 11.4 Å². The van der Waals surface area contributed by atoms with E-state index in [9.17, 15) is 14.7 Å². The zero-order chi connectivity index (χ0) is 30.7. The minimum Gasteiger partial charge on any atom is -0.392 e. The first-order valence-corrected chi connectivity index (χ1v) is 16.6. The summed E-state index contributed by atoms with van der Waals surface area (Å²) in [7, 11) is 0. The lowest BCUT2D eigenvalue weighted by molar-refractivity contribution is -0.245. The van der Waals surface area contributed by atoms with E-state index >= 15 is 0 Å². The summed E-state index contributed by atoms with van der Waals surface area (Å²) in [5.74, 6) is 0.247. The zero-order valence-corrected chi connectivity index (χ0v) is 25.9. The van der Waals surface area contributed by atoms with Crippen LogP contribution in [0.1, 0.15) is 74.0 Å². The number of hydrogen-bond donors (Lipinski definition) is 4. The van der Waals surface area contributed by atoms with Gasteiger partial charge in [0, 0.05) is 36.3 Å². The minimum absolute atomic E-state index is 0.0131. The van der Waals surface area contributed by atoms with Gasteiger partial charge >= 0.3 is 0 Å². The molecule has 44 heavy (non-hydrogen) atoms. The average molecular weight is 636 g/mol. The van der Waals surface area contributed by atoms with Crippen molar-refractivity contribution in [2.75, 3.05) is 11.1 Å². The molecule has 1 aliphatic rings. The molecule has 3 unspecified atom stereocenters. The van der Waals surface area contributed by atoms with Crippen molar-refractivity contribution in [3.8, 4) is 0 Å². The van der Waals surface area contributed by atoms with Gasteiger partial charge in [-0.1, -0.05) is 73.1 Å². The van der Waals surface area contributed by atoms with Crippen LogP contribution in [0.5, 0.6) is 0 Å². The summed E-state index contributed by atoms with van der Waals surface area (Å²) in [5, 5.41) is 21.0. The number of fused-ring (bicyclic) bond motifs is 1. The summed E-state index contributed by atoms with van der Waals surface area (Å²) in [6.07, 6.45) is 3.42. The average Bonchev–Trinajstić information content (AvgIpc) is 3.48. The molecule has 11 heteroatoms. The number of nitrogens with one attached hydrogen (secondary N) is 2. The molecule has 5 rings (SSSR count). The standard InChI is InChI=1S/C33H37N3O6S2/c37-20-22-14-16-23(17-15-22)28-19-26(21-43-33-35-27-10-5-6-11-29(27)44-33)41-32(42-28)24-8-7-9-25(18-24)34-30(38)12-3-1-2-4-13-31(39)36-40/h5-11,14-18,26,28,32,37,40H,1-4,12-13,19-21H2,(H,34,38)(H,36,39). The van der Waals surface area contributed by atoms with Gasteiger partial charge in [-0.25, -0.2) is 10.5 Å². The second kappa shape index (κ2) is 16.1. The molecule has 1 aliphatic heterocycles. The Labute approximate surface area is 265 Å². The third-order valence-electron chi connectivity index (χ3n) is 7.41. The van der Waals surface area contributed by atoms with Crippen molar-refractivity contribution in [2.45, 2.75) is 74.4 Å². The molecule has 9 nitrogen and oxygen atoms in total. The second-order valence-corrected chi connectivity index (χ2v) is 13.0. The number of amides is 2. The Balaban J connectivity index is 1.22. The Kier molecular flexibility index (Phi) is 11.8. The predicted molar refractivity (Wildman–Crippen MR) is 171 cm³/mol. The predicted octanol–water partition coefficient (Wildman–Crippen LogP) is 6.91. The van der Waals surface area contributed by atoms with E-state index in [0.717, 1.165) is 44.1 Å². The number of hydrogen-bond acceptors (Lipinski definition) is 9. The van der Waals surface area contributed by atoms with Crippen LogP contribution < -0.4 is 10.8 Å². The van der Waals surface area contributed by atoms with Crippen molar-refractivity contribution in [3.63, 3.8) is 0 Å². The first-order chi connectivity index (χ1) is 21.5. The summed E-state index contributed by atoms with van der Waals surface area (Å²) >= 11 is 3.36. The monoisotopic (exact) mass is 635 g/mol. The second-order valence-electron chi connectivity index (χ2n) is 10.7. The number of aromatic nitrogens is 1. The summed E-state index contributed by atoms with van der Waals surface area (Å²) in [6.45, 7) is -0.0131. The molecule has 2 heterocycles. The number of rotatable bonds is 14. The summed E-state index contributed by atoms with van der Waals surface area (Å²) in [6, 6.07) is 23.5. The quantitative estimate of drug-likeness (QED) is 0.0509. The molecular formula is C33H37N3O6S2. The van der Waals surface area contributed by atoms with Crippen molar-refractivity contribution >= 4 is 50.8 Å². The number of carbonyl (C=O) groups excluding carboxylic acids is 2. The smallest absolute Gasteiger partial charge is 0.243 e. The van der Waals surface area contributed by atoms with E-state index in [1.54, 1.807) is 28.6 Å². The SMILES string of the molecule is O=C(CCCCCCC(=O)Nc1cccc(C2OC(CSc3nc4ccccc4s3)CC(c3ccc(CO)cc3)O2)c1)NO. The summed E-state index contributed by atoms with van der Waals surface area (Å²) in [5.41, 5.74) is 5.99. The highest BCUT2D eigenvalue weighted by Crippen LogP contribution is 2.40. The third kappa shape index (κ3) is 9.10. The third-order valence-corrected chi connectivity index (χ3v) is 9.72. The van der Waals surface area contributed by atoms with E-state index in [4.69, 9.17) is 19.7 Å². The molecule has 1 fully saturated rings. The van der Waals surface area contributed by atoms with Crippen LogP contribution in [0.25, 0.3) is 10.2 Å². The van der Waals surface area contributed by atoms with Crippen molar-refractivity contribution in [1.29, 1.82) is 0 Å². The van der Waals surface area contributed by atoms with Crippen LogP contribution in [0, 0.1) is 0 Å². The van der Waals surface area contributed by atoms with E-state index < -0.39 is 12.2 Å². The fourth-order valence-corrected chi connectivity index (χ4v) is 7.18. The highest BCUT2D eigenvalue weighted by Gasteiger charge is 2.32. The van der Waals surface area contributed by atoms with Gasteiger partial charge in [0.1, 0.15) is 0 Å². The first kappa shape index (κ1) is 32.1. The summed E-state index contributed by atoms with van der Waals surface area (Å²) < 4.78 is 15.1. The van der Waals surface area contributed by atoms with Gasteiger partial charge in [0.2, 0.25) is 11.8 Å². The van der Waals surface area contributed by atoms with Gasteiger partial charge in [-0.15, -0.1) is 11.3 Å². The van der Waals surface area contributed by atoms with E-state index in [1.807, 2.05) is 66.7 Å². The molecule has 0 bridgehead atoms. The van der Waals surface area contributed by atoms with Crippen LogP contribution in [0.2, 0.25) is 0 Å². The largest absolute Gasteiger partial charge is 0.392 e. The number of para-hydroxylation sites is 1. The maximum absolute atomic E-state index is 12.6. The van der Waals surface area contributed by atoms with Gasteiger partial charge in [-0.3, -0.25) is 14.8 Å². The molecule has 3 atom stereocenters. The van der Waals surface area contributed by atoms with Crippen molar-refractivity contribution < 1.29 is 29.4 Å². The number of thiazole rings is 1. The molecule has 3 aromatic carbocycles. The molecule has 0 aliphatic carbocycles. The van der Waals surface area contributed by atoms with Crippen molar-refractivity contribution in [2.24, 2.45) is 0 Å². The molecule has 0 radical (unpaired) electrons. The molecule has 232 valence electrons. The Morgan fingerprint density at radius 3 is 2.43 bits per heavy atom. The minimum atomic E-state index is -0.625. The topological polar surface area (TPSA) is 130 Å². The Bertz CT molecular complexity index is 1500. The van der Waals surface area contributed by atoms with E-state index in [1.165, 1.54) is 0 Å². The number of nitrogens with zero attached hydrogens (tertiary/aromatic N) is 1. The molecule has 1 saturated heterocycles. The number of hydroxylamine groups is 1. The maximum Gasteiger partial charge on any atom is 0.243 e. The van der Waals surface area contributed by atoms with Gasteiger partial charge in [0.15, 0.2) is 10.6 Å². The lowest BCUT2D eigenvalue weighted by Gasteiger charge is -2.36. The molecule has 0 saturated carbocycles. The zero-order valence-electron chi connectivity index (χ0n) is 24.3. The number of unbranched alkanes of at least 4 members (excludes halogenated alkanes) is 3. The summed E-state index contributed by atoms with van der Waals surface area (Å²) in [4.78, 5) is 28.5. The van der Waals surface area contributed by atoms with Crippen LogP contribution in [0.15, 0.2) is 77.1 Å². The lowest BCUT2D eigenvalue weighted by Crippen LogP contribution is -2.31. The number of thioether (sulfide) groups is 1. The van der Waals surface area contributed by atoms with Crippen LogP contribution in [-0.2, 0) is 25.7 Å². The maximum atomic E-state index is 12.6. The van der Waals surface area contributed by atoms with E-state index in [0.29, 0.717) is 37.1 Å². The Morgan fingerprint density at radius 2 is 1.68 bits per heavy atom. The molecule has 1 aromatic heterocycles. The van der Waals surface area contributed by atoms with Crippen LogP contribution in [0.3, 0.4) is 0 Å². The fraction of sp³-hybridized carbons (Fsp3) is 0.364. The number of ether oxygens (including phenoxy) is 2. The normalized spacial score (nSPS) is 18.3. The molecule has 0 spiro atoms. The van der Waals surface area contributed by atoms with Crippen LogP contribution in [-0.4, -0.2) is 39.0 Å². The van der Waals surface area contributed by atoms with Crippen molar-refractivity contribution in [1.82, 2.24) is 10.5 Å². The molecule has 2 amide bonds. The highest BCUT2D eigenvalue weighted by atomic mass is 32.2. The molecular weight excluding hydrogens is 599 g/mol. The van der Waals surface area contributed by atoms with Gasteiger partial charge < -0.3 is 19.9 Å². The first-order valence-electron chi connectivity index (χ1n) is 14.8. The Morgan fingerprint density at radius 1 is 0.909 bits per heavy atom.